The van der Waals surface area contributed by atoms with E-state index < -0.39 is 0 Å². The molecule has 1 unspecified atom stereocenters. The van der Waals surface area contributed by atoms with Gasteiger partial charge in [0.25, 0.3) is 0 Å². The van der Waals surface area contributed by atoms with E-state index in [9.17, 15) is 0 Å². The minimum absolute atomic E-state index is 0.775. The van der Waals surface area contributed by atoms with Gasteiger partial charge in [0.05, 0.1) is 0 Å². The van der Waals surface area contributed by atoms with Crippen LogP contribution in [0.15, 0.2) is 0 Å². The van der Waals surface area contributed by atoms with Crippen molar-refractivity contribution in [3.05, 3.63) is 0 Å². The summed E-state index contributed by atoms with van der Waals surface area (Å²) in [4.78, 5) is 0. The van der Waals surface area contributed by atoms with Crippen LogP contribution in [0.25, 0.3) is 0 Å². The third kappa shape index (κ3) is 2.03. The number of thioether (sulfide) groups is 1. The summed E-state index contributed by atoms with van der Waals surface area (Å²) in [6, 6.07) is 0.877. The summed E-state index contributed by atoms with van der Waals surface area (Å²) in [5, 5.41) is 4.67. The Balaban J connectivity index is 1.59. The lowest BCUT2D eigenvalue weighted by atomic mass is 9.54. The SMILES string of the molecule is CSC(C)CNC1C2CC3CC(C2)CC1C3. The average molecular weight is 239 g/mol. The molecule has 0 radical (unpaired) electrons. The molecule has 4 aliphatic carbocycles. The molecule has 0 aromatic heterocycles. The molecule has 92 valence electrons. The molecule has 0 spiro atoms. The number of hydrogen-bond acceptors (Lipinski definition) is 2. The first-order valence-electron chi connectivity index (χ1n) is 7.02. The van der Waals surface area contributed by atoms with Crippen LogP contribution >= 0.6 is 11.8 Å². The van der Waals surface area contributed by atoms with Crippen molar-refractivity contribution in [3.63, 3.8) is 0 Å². The van der Waals surface area contributed by atoms with Crippen molar-refractivity contribution in [2.24, 2.45) is 23.7 Å². The van der Waals surface area contributed by atoms with Crippen LogP contribution in [0.2, 0.25) is 0 Å². The van der Waals surface area contributed by atoms with Gasteiger partial charge in [0, 0.05) is 17.8 Å². The van der Waals surface area contributed by atoms with Gasteiger partial charge in [0.1, 0.15) is 0 Å². The van der Waals surface area contributed by atoms with Crippen LogP contribution in [0.3, 0.4) is 0 Å². The molecule has 4 fully saturated rings. The van der Waals surface area contributed by atoms with Gasteiger partial charge in [-0.1, -0.05) is 6.92 Å². The topological polar surface area (TPSA) is 12.0 Å². The zero-order chi connectivity index (χ0) is 11.1. The van der Waals surface area contributed by atoms with Crippen molar-refractivity contribution in [1.29, 1.82) is 0 Å². The fourth-order valence-electron chi connectivity index (χ4n) is 4.64. The van der Waals surface area contributed by atoms with Crippen LogP contribution in [-0.4, -0.2) is 24.1 Å². The first-order valence-corrected chi connectivity index (χ1v) is 8.31. The Hall–Kier alpha value is 0.310. The van der Waals surface area contributed by atoms with Crippen LogP contribution < -0.4 is 5.32 Å². The minimum atomic E-state index is 0.775. The Morgan fingerprint density at radius 2 is 1.62 bits per heavy atom. The molecular formula is C14H25NS. The van der Waals surface area contributed by atoms with Crippen LogP contribution in [0.1, 0.15) is 39.0 Å². The van der Waals surface area contributed by atoms with E-state index >= 15 is 0 Å². The van der Waals surface area contributed by atoms with Gasteiger partial charge >= 0.3 is 0 Å². The smallest absolute Gasteiger partial charge is 0.0141 e. The lowest BCUT2D eigenvalue weighted by Gasteiger charge is -2.54. The Morgan fingerprint density at radius 3 is 2.12 bits per heavy atom. The average Bonchev–Trinajstić information content (AvgIpc) is 2.26. The lowest BCUT2D eigenvalue weighted by molar-refractivity contribution is -0.0133. The van der Waals surface area contributed by atoms with Crippen molar-refractivity contribution in [2.45, 2.75) is 50.3 Å². The molecule has 4 aliphatic rings. The molecule has 1 atom stereocenters. The molecule has 4 bridgehead atoms. The van der Waals surface area contributed by atoms with E-state index in [1.165, 1.54) is 32.2 Å². The number of hydrogen-bond donors (Lipinski definition) is 1. The zero-order valence-electron chi connectivity index (χ0n) is 10.6. The predicted octanol–water partition coefficient (Wildman–Crippen LogP) is 3.15. The van der Waals surface area contributed by atoms with Gasteiger partial charge in [-0.15, -0.1) is 0 Å². The summed E-state index contributed by atoms with van der Waals surface area (Å²) in [5.74, 6) is 4.28. The van der Waals surface area contributed by atoms with E-state index in [4.69, 9.17) is 0 Å². The summed E-state index contributed by atoms with van der Waals surface area (Å²) in [5.41, 5.74) is 0. The fourth-order valence-corrected chi connectivity index (χ4v) is 4.91. The standard InChI is InChI=1S/C14H25NS/c1-9(16-2)8-15-14-12-4-10-3-11(6-12)7-13(14)5-10/h9-15H,3-8H2,1-2H3. The second-order valence-electron chi connectivity index (χ2n) is 6.41. The Kier molecular flexibility index (Phi) is 3.23. The first kappa shape index (κ1) is 11.4. The van der Waals surface area contributed by atoms with Crippen LogP contribution in [0.4, 0.5) is 0 Å². The molecule has 1 N–H and O–H groups in total. The maximum Gasteiger partial charge on any atom is 0.0141 e. The van der Waals surface area contributed by atoms with Gasteiger partial charge in [-0.25, -0.2) is 0 Å². The zero-order valence-corrected chi connectivity index (χ0v) is 11.4. The van der Waals surface area contributed by atoms with E-state index in [2.05, 4.69) is 18.5 Å². The molecule has 2 heteroatoms. The van der Waals surface area contributed by atoms with Gasteiger partial charge < -0.3 is 5.32 Å². The normalized spacial score (nSPS) is 47.2. The highest BCUT2D eigenvalue weighted by atomic mass is 32.2. The van der Waals surface area contributed by atoms with E-state index in [-0.39, 0.29) is 0 Å². The summed E-state index contributed by atoms with van der Waals surface area (Å²) < 4.78 is 0. The van der Waals surface area contributed by atoms with Gasteiger partial charge in [-0.05, 0) is 62.0 Å². The molecule has 4 rings (SSSR count). The summed E-state index contributed by atoms with van der Waals surface area (Å²) in [6.45, 7) is 3.56. The molecule has 0 aromatic rings. The van der Waals surface area contributed by atoms with E-state index in [0.29, 0.717) is 0 Å². The van der Waals surface area contributed by atoms with Crippen LogP contribution in [0, 0.1) is 23.7 Å². The minimum Gasteiger partial charge on any atom is -0.312 e. The van der Waals surface area contributed by atoms with Crippen molar-refractivity contribution in [3.8, 4) is 0 Å². The third-order valence-corrected chi connectivity index (χ3v) is 6.24. The molecule has 0 aromatic carbocycles. The Labute approximate surface area is 104 Å². The molecule has 1 nitrogen and oxygen atoms in total. The molecule has 0 amide bonds. The van der Waals surface area contributed by atoms with Crippen molar-refractivity contribution in [2.75, 3.05) is 12.8 Å². The largest absolute Gasteiger partial charge is 0.312 e. The van der Waals surface area contributed by atoms with Gasteiger partial charge in [-0.2, -0.15) is 11.8 Å². The van der Waals surface area contributed by atoms with Gasteiger partial charge in [0.2, 0.25) is 0 Å². The highest BCUT2D eigenvalue weighted by Crippen LogP contribution is 2.53. The number of rotatable bonds is 4. The summed E-state index contributed by atoms with van der Waals surface area (Å²) in [6.07, 6.45) is 9.96. The van der Waals surface area contributed by atoms with Crippen LogP contribution in [-0.2, 0) is 0 Å². The van der Waals surface area contributed by atoms with Gasteiger partial charge in [0.15, 0.2) is 0 Å². The summed E-state index contributed by atoms with van der Waals surface area (Å²) in [7, 11) is 0. The number of nitrogens with one attached hydrogen (secondary N) is 1. The maximum absolute atomic E-state index is 3.89. The fraction of sp³-hybridized carbons (Fsp3) is 1.00. The van der Waals surface area contributed by atoms with E-state index in [1.54, 1.807) is 6.42 Å². The molecule has 0 heterocycles. The first-order chi connectivity index (χ1) is 7.76. The quantitative estimate of drug-likeness (QED) is 0.809. The van der Waals surface area contributed by atoms with Crippen molar-refractivity contribution < 1.29 is 0 Å². The predicted molar refractivity (Wildman–Crippen MR) is 71.8 cm³/mol. The molecule has 0 aliphatic heterocycles. The summed E-state index contributed by atoms with van der Waals surface area (Å²) >= 11 is 1.99. The molecular weight excluding hydrogens is 214 g/mol. The Morgan fingerprint density at radius 1 is 1.06 bits per heavy atom. The second-order valence-corrected chi connectivity index (χ2v) is 7.69. The highest BCUT2D eigenvalue weighted by Gasteiger charge is 2.47. The molecule has 0 saturated heterocycles. The lowest BCUT2D eigenvalue weighted by Crippen LogP contribution is -2.55. The third-order valence-electron chi connectivity index (χ3n) is 5.27. The maximum atomic E-state index is 3.89. The van der Waals surface area contributed by atoms with E-state index in [1.807, 2.05) is 11.8 Å². The van der Waals surface area contributed by atoms with Gasteiger partial charge in [-0.3, -0.25) is 0 Å². The highest BCUT2D eigenvalue weighted by molar-refractivity contribution is 7.99. The monoisotopic (exact) mass is 239 g/mol. The second kappa shape index (κ2) is 4.53. The molecule has 4 saturated carbocycles. The van der Waals surface area contributed by atoms with Crippen molar-refractivity contribution in [1.82, 2.24) is 5.32 Å². The van der Waals surface area contributed by atoms with E-state index in [0.717, 1.165) is 35.0 Å². The Bertz CT molecular complexity index is 225. The molecule has 16 heavy (non-hydrogen) atoms. The van der Waals surface area contributed by atoms with Crippen molar-refractivity contribution >= 4 is 11.8 Å². The van der Waals surface area contributed by atoms with Crippen LogP contribution in [0.5, 0.6) is 0 Å².